The topological polar surface area (TPSA) is 108 Å². The summed E-state index contributed by atoms with van der Waals surface area (Å²) in [6.45, 7) is -0.510. The van der Waals surface area contributed by atoms with Gasteiger partial charge in [-0.1, -0.05) is 29.8 Å². The van der Waals surface area contributed by atoms with Gasteiger partial charge in [0.1, 0.15) is 12.3 Å². The number of aliphatic carboxylic acids is 1. The molecular formula is C20H16ClN2O6-. The number of urea groups is 1. The van der Waals surface area contributed by atoms with Gasteiger partial charge in [0.25, 0.3) is 5.91 Å². The van der Waals surface area contributed by atoms with Crippen LogP contribution in [0.25, 0.3) is 6.08 Å². The minimum Gasteiger partial charge on any atom is -0.546 e. The van der Waals surface area contributed by atoms with Crippen molar-refractivity contribution in [3.8, 4) is 11.5 Å². The molecule has 1 aliphatic rings. The molecule has 1 heterocycles. The van der Waals surface area contributed by atoms with Gasteiger partial charge in [0.05, 0.1) is 19.6 Å². The number of imide groups is 1. The summed E-state index contributed by atoms with van der Waals surface area (Å²) in [4.78, 5) is 36.4. The van der Waals surface area contributed by atoms with Crippen molar-refractivity contribution in [2.45, 2.75) is 6.54 Å². The summed E-state index contributed by atoms with van der Waals surface area (Å²) in [7, 11) is 1.40. The fourth-order valence-electron chi connectivity index (χ4n) is 2.68. The molecule has 150 valence electrons. The number of nitrogens with zero attached hydrogens (tertiary/aromatic N) is 1. The van der Waals surface area contributed by atoms with E-state index in [1.165, 1.54) is 19.3 Å². The number of hydrogen-bond donors (Lipinski definition) is 1. The number of benzene rings is 2. The lowest BCUT2D eigenvalue weighted by atomic mass is 10.1. The molecule has 0 radical (unpaired) electrons. The van der Waals surface area contributed by atoms with E-state index in [1.807, 2.05) is 0 Å². The highest BCUT2D eigenvalue weighted by molar-refractivity contribution is 6.30. The van der Waals surface area contributed by atoms with Crippen LogP contribution in [0, 0.1) is 0 Å². The van der Waals surface area contributed by atoms with E-state index in [2.05, 4.69) is 5.32 Å². The normalized spacial score (nSPS) is 14.8. The van der Waals surface area contributed by atoms with Gasteiger partial charge in [-0.3, -0.25) is 9.69 Å². The van der Waals surface area contributed by atoms with Crippen LogP contribution in [0.5, 0.6) is 11.5 Å². The average molecular weight is 416 g/mol. The Kier molecular flexibility index (Phi) is 6.04. The lowest BCUT2D eigenvalue weighted by molar-refractivity contribution is -0.307. The van der Waals surface area contributed by atoms with Gasteiger partial charge in [0, 0.05) is 5.02 Å². The van der Waals surface area contributed by atoms with E-state index in [1.54, 1.807) is 36.4 Å². The molecule has 1 aliphatic heterocycles. The Balaban J connectivity index is 1.78. The smallest absolute Gasteiger partial charge is 0.329 e. The van der Waals surface area contributed by atoms with Crippen molar-refractivity contribution in [2.75, 3.05) is 13.7 Å². The highest BCUT2D eigenvalue weighted by atomic mass is 35.5. The monoisotopic (exact) mass is 415 g/mol. The molecule has 3 amide bonds. The lowest BCUT2D eigenvalue weighted by Crippen LogP contribution is -2.30. The maximum absolute atomic E-state index is 12.6. The number of carbonyl (C=O) groups is 3. The quantitative estimate of drug-likeness (QED) is 0.543. The van der Waals surface area contributed by atoms with Gasteiger partial charge in [-0.25, -0.2) is 4.79 Å². The van der Waals surface area contributed by atoms with E-state index >= 15 is 0 Å². The minimum atomic E-state index is -1.36. The molecule has 0 bridgehead atoms. The Morgan fingerprint density at radius 3 is 2.55 bits per heavy atom. The third-order valence-electron chi connectivity index (χ3n) is 4.06. The Bertz CT molecular complexity index is 987. The predicted octanol–water partition coefficient (Wildman–Crippen LogP) is 1.57. The minimum absolute atomic E-state index is 0.106. The number of amides is 3. The Hall–Kier alpha value is -3.52. The number of hydrogen-bond acceptors (Lipinski definition) is 6. The average Bonchev–Trinajstić information content (AvgIpc) is 2.95. The number of halogens is 1. The van der Waals surface area contributed by atoms with Crippen LogP contribution in [-0.4, -0.2) is 36.5 Å². The van der Waals surface area contributed by atoms with E-state index in [-0.39, 0.29) is 23.7 Å². The highest BCUT2D eigenvalue weighted by Gasteiger charge is 2.33. The number of carboxylic acid groups (broad SMARTS) is 1. The second-order valence-corrected chi connectivity index (χ2v) is 6.51. The number of carbonyl (C=O) groups excluding carboxylic acids is 3. The molecule has 1 saturated heterocycles. The van der Waals surface area contributed by atoms with Crippen LogP contribution in [0.3, 0.4) is 0 Å². The molecule has 3 rings (SSSR count). The number of methoxy groups -OCH3 is 1. The summed E-state index contributed by atoms with van der Waals surface area (Å²) in [6.07, 6.45) is 1.49. The first-order valence-electron chi connectivity index (χ1n) is 8.47. The summed E-state index contributed by atoms with van der Waals surface area (Å²) in [5.41, 5.74) is 1.42. The van der Waals surface area contributed by atoms with Gasteiger partial charge in [0.2, 0.25) is 0 Å². The van der Waals surface area contributed by atoms with E-state index in [9.17, 15) is 19.5 Å². The zero-order chi connectivity index (χ0) is 21.0. The van der Waals surface area contributed by atoms with Crippen LogP contribution in [0.15, 0.2) is 48.2 Å². The molecular weight excluding hydrogens is 400 g/mol. The SMILES string of the molecule is COc1cc(/C=C2\NC(=O)N(Cc3ccc(Cl)cc3)C2=O)ccc1OCC(=O)[O-]. The summed E-state index contributed by atoms with van der Waals surface area (Å²) in [5, 5.41) is 13.6. The van der Waals surface area contributed by atoms with E-state index in [0.29, 0.717) is 10.6 Å². The fourth-order valence-corrected chi connectivity index (χ4v) is 2.81. The number of carboxylic acids is 1. The Morgan fingerprint density at radius 1 is 1.17 bits per heavy atom. The van der Waals surface area contributed by atoms with Crippen molar-refractivity contribution in [2.24, 2.45) is 0 Å². The summed E-state index contributed by atoms with van der Waals surface area (Å²) >= 11 is 5.85. The van der Waals surface area contributed by atoms with E-state index in [4.69, 9.17) is 21.1 Å². The summed E-state index contributed by atoms with van der Waals surface area (Å²) < 4.78 is 10.3. The largest absolute Gasteiger partial charge is 0.546 e. The van der Waals surface area contributed by atoms with E-state index < -0.39 is 24.5 Å². The van der Waals surface area contributed by atoms with E-state index in [0.717, 1.165) is 10.5 Å². The fraction of sp³-hybridized carbons (Fsp3) is 0.150. The molecule has 0 spiro atoms. The van der Waals surface area contributed by atoms with Crippen molar-refractivity contribution in [1.29, 1.82) is 0 Å². The Labute approximate surface area is 171 Å². The molecule has 0 saturated carbocycles. The molecule has 0 unspecified atom stereocenters. The maximum atomic E-state index is 12.6. The standard InChI is InChI=1S/C20H17ClN2O6/c1-28-17-9-13(4-7-16(17)29-11-18(24)25)8-15-19(26)23(20(27)22-15)10-12-2-5-14(21)6-3-12/h2-9H,10-11H2,1H3,(H,22,27)(H,24,25)/p-1/b15-8-. The molecule has 8 nitrogen and oxygen atoms in total. The predicted molar refractivity (Wildman–Crippen MR) is 102 cm³/mol. The lowest BCUT2D eigenvalue weighted by Gasteiger charge is -2.12. The van der Waals surface area contributed by atoms with Gasteiger partial charge in [-0.2, -0.15) is 0 Å². The Morgan fingerprint density at radius 2 is 1.90 bits per heavy atom. The van der Waals surface area contributed by atoms with Gasteiger partial charge < -0.3 is 24.7 Å². The zero-order valence-corrected chi connectivity index (χ0v) is 16.1. The van der Waals surface area contributed by atoms with Crippen LogP contribution < -0.4 is 19.9 Å². The molecule has 29 heavy (non-hydrogen) atoms. The van der Waals surface area contributed by atoms with Crippen molar-refractivity contribution in [3.63, 3.8) is 0 Å². The van der Waals surface area contributed by atoms with Gasteiger partial charge in [0.15, 0.2) is 11.5 Å². The first-order chi connectivity index (χ1) is 13.9. The third-order valence-corrected chi connectivity index (χ3v) is 4.31. The summed E-state index contributed by atoms with van der Waals surface area (Å²) in [6, 6.07) is 11.0. The van der Waals surface area contributed by atoms with Crippen LogP contribution in [-0.2, 0) is 16.1 Å². The molecule has 0 aromatic heterocycles. The highest BCUT2D eigenvalue weighted by Crippen LogP contribution is 2.29. The molecule has 0 atom stereocenters. The molecule has 1 fully saturated rings. The maximum Gasteiger partial charge on any atom is 0.329 e. The molecule has 1 N–H and O–H groups in total. The first kappa shape index (κ1) is 20.2. The van der Waals surface area contributed by atoms with Crippen molar-refractivity contribution >= 4 is 35.6 Å². The van der Waals surface area contributed by atoms with Crippen LogP contribution in [0.2, 0.25) is 5.02 Å². The van der Waals surface area contributed by atoms with Crippen LogP contribution in [0.4, 0.5) is 4.79 Å². The molecule has 2 aromatic rings. The molecule has 0 aliphatic carbocycles. The zero-order valence-electron chi connectivity index (χ0n) is 15.3. The van der Waals surface area contributed by atoms with Crippen molar-refractivity contribution in [3.05, 3.63) is 64.3 Å². The number of rotatable bonds is 7. The first-order valence-corrected chi connectivity index (χ1v) is 8.85. The van der Waals surface area contributed by atoms with Gasteiger partial charge >= 0.3 is 6.03 Å². The molecule has 2 aromatic carbocycles. The van der Waals surface area contributed by atoms with Gasteiger partial charge in [-0.15, -0.1) is 0 Å². The molecule has 9 heteroatoms. The third kappa shape index (κ3) is 4.85. The second kappa shape index (κ2) is 8.66. The summed E-state index contributed by atoms with van der Waals surface area (Å²) in [5.74, 6) is -1.35. The number of ether oxygens (including phenoxy) is 2. The van der Waals surface area contributed by atoms with Gasteiger partial charge in [-0.05, 0) is 41.5 Å². The van der Waals surface area contributed by atoms with Crippen LogP contribution in [0.1, 0.15) is 11.1 Å². The van der Waals surface area contributed by atoms with Crippen LogP contribution >= 0.6 is 11.6 Å². The van der Waals surface area contributed by atoms with Crippen molar-refractivity contribution in [1.82, 2.24) is 10.2 Å². The second-order valence-electron chi connectivity index (χ2n) is 6.08. The number of nitrogens with one attached hydrogen (secondary N) is 1. The van der Waals surface area contributed by atoms with Crippen molar-refractivity contribution < 1.29 is 29.0 Å².